The van der Waals surface area contributed by atoms with Gasteiger partial charge < -0.3 is 14.4 Å². The molecule has 0 bridgehead atoms. The fraction of sp³-hybridized carbons (Fsp3) is 0.300. The van der Waals surface area contributed by atoms with Crippen molar-refractivity contribution in [2.24, 2.45) is 5.92 Å². The van der Waals surface area contributed by atoms with Gasteiger partial charge in [0.15, 0.2) is 0 Å². The monoisotopic (exact) mass is 340 g/mol. The Morgan fingerprint density at radius 3 is 2.64 bits per heavy atom. The van der Waals surface area contributed by atoms with Gasteiger partial charge in [0.25, 0.3) is 0 Å². The molecule has 0 spiro atoms. The van der Waals surface area contributed by atoms with Crippen molar-refractivity contribution in [1.82, 2.24) is 9.55 Å². The van der Waals surface area contributed by atoms with E-state index in [0.717, 1.165) is 17.0 Å². The van der Waals surface area contributed by atoms with E-state index in [1.165, 1.54) is 7.11 Å². The molecule has 0 aliphatic heterocycles. The fourth-order valence-corrected chi connectivity index (χ4v) is 2.92. The molecule has 0 fully saturated rings. The molecule has 25 heavy (non-hydrogen) atoms. The van der Waals surface area contributed by atoms with Crippen LogP contribution in [0.1, 0.15) is 48.2 Å². The van der Waals surface area contributed by atoms with Gasteiger partial charge >= 0.3 is 5.97 Å². The summed E-state index contributed by atoms with van der Waals surface area (Å²) in [6.07, 6.45) is 3.71. The second-order valence-corrected chi connectivity index (χ2v) is 6.03. The molecule has 0 radical (unpaired) electrons. The van der Waals surface area contributed by atoms with E-state index in [2.05, 4.69) is 25.4 Å². The zero-order valence-corrected chi connectivity index (χ0v) is 15.1. The molecule has 5 heteroatoms. The van der Waals surface area contributed by atoms with Gasteiger partial charge in [-0.3, -0.25) is 4.98 Å². The number of methoxy groups -OCH3 is 1. The van der Waals surface area contributed by atoms with Gasteiger partial charge in [0.1, 0.15) is 11.5 Å². The first kappa shape index (κ1) is 18.5. The summed E-state index contributed by atoms with van der Waals surface area (Å²) >= 11 is 0. The average molecular weight is 340 g/mol. The SMILES string of the molecule is C=C(OC)c1cc(C(=O)O)n(Cc2ccccn2)c1/C(=C\C)C(C)C. The number of allylic oxidation sites excluding steroid dienone is 2. The number of nitrogens with zero attached hydrogens (tertiary/aromatic N) is 2. The molecule has 0 unspecified atom stereocenters. The molecule has 0 saturated heterocycles. The van der Waals surface area contributed by atoms with Crippen molar-refractivity contribution in [3.63, 3.8) is 0 Å². The number of carbonyl (C=O) groups is 1. The quantitative estimate of drug-likeness (QED) is 0.763. The fourth-order valence-electron chi connectivity index (χ4n) is 2.92. The predicted molar refractivity (Wildman–Crippen MR) is 99.3 cm³/mol. The second-order valence-electron chi connectivity index (χ2n) is 6.03. The lowest BCUT2D eigenvalue weighted by molar-refractivity contribution is 0.0685. The number of pyridine rings is 1. The van der Waals surface area contributed by atoms with Crippen molar-refractivity contribution in [3.05, 3.63) is 65.8 Å². The van der Waals surface area contributed by atoms with Crippen molar-refractivity contribution < 1.29 is 14.6 Å². The lowest BCUT2D eigenvalue weighted by atomic mass is 9.96. The minimum Gasteiger partial charge on any atom is -0.497 e. The number of hydrogen-bond donors (Lipinski definition) is 1. The van der Waals surface area contributed by atoms with Crippen LogP contribution in [0.25, 0.3) is 11.3 Å². The highest BCUT2D eigenvalue weighted by Gasteiger charge is 2.25. The molecule has 0 aromatic carbocycles. The van der Waals surface area contributed by atoms with Crippen molar-refractivity contribution >= 4 is 17.3 Å². The summed E-state index contributed by atoms with van der Waals surface area (Å²) < 4.78 is 7.08. The van der Waals surface area contributed by atoms with E-state index < -0.39 is 5.97 Å². The molecule has 5 nitrogen and oxygen atoms in total. The number of ether oxygens (including phenoxy) is 1. The number of aromatic nitrogens is 2. The van der Waals surface area contributed by atoms with Crippen LogP contribution in [-0.4, -0.2) is 27.7 Å². The topological polar surface area (TPSA) is 64.3 Å². The van der Waals surface area contributed by atoms with Crippen LogP contribution in [0.2, 0.25) is 0 Å². The van der Waals surface area contributed by atoms with Crippen molar-refractivity contribution in [1.29, 1.82) is 0 Å². The maximum Gasteiger partial charge on any atom is 0.352 e. The number of carboxylic acid groups (broad SMARTS) is 1. The Bertz CT molecular complexity index is 802. The van der Waals surface area contributed by atoms with E-state index in [0.29, 0.717) is 17.9 Å². The molecule has 2 heterocycles. The number of rotatable bonds is 7. The van der Waals surface area contributed by atoms with E-state index in [4.69, 9.17) is 4.74 Å². The van der Waals surface area contributed by atoms with Gasteiger partial charge in [0, 0.05) is 11.8 Å². The van der Waals surface area contributed by atoms with Gasteiger partial charge in [0.05, 0.1) is 25.0 Å². The summed E-state index contributed by atoms with van der Waals surface area (Å²) in [6.45, 7) is 10.4. The Kier molecular flexibility index (Phi) is 5.80. The highest BCUT2D eigenvalue weighted by atomic mass is 16.5. The van der Waals surface area contributed by atoms with Crippen molar-refractivity contribution in [3.8, 4) is 0 Å². The van der Waals surface area contributed by atoms with Crippen LogP contribution < -0.4 is 0 Å². The van der Waals surface area contributed by atoms with E-state index in [1.54, 1.807) is 16.8 Å². The van der Waals surface area contributed by atoms with Crippen LogP contribution in [0, 0.1) is 5.92 Å². The van der Waals surface area contributed by atoms with Crippen LogP contribution in [0.15, 0.2) is 43.1 Å². The molecular formula is C20H24N2O3. The smallest absolute Gasteiger partial charge is 0.352 e. The molecule has 2 rings (SSSR count). The van der Waals surface area contributed by atoms with Gasteiger partial charge in [0.2, 0.25) is 0 Å². The Labute approximate surface area is 148 Å². The molecule has 132 valence electrons. The highest BCUT2D eigenvalue weighted by molar-refractivity contribution is 5.90. The molecule has 0 aliphatic carbocycles. The molecule has 0 amide bonds. The van der Waals surface area contributed by atoms with Gasteiger partial charge in [-0.15, -0.1) is 0 Å². The third kappa shape index (κ3) is 3.82. The van der Waals surface area contributed by atoms with Crippen molar-refractivity contribution in [2.45, 2.75) is 27.3 Å². The van der Waals surface area contributed by atoms with Crippen LogP contribution in [-0.2, 0) is 11.3 Å². The highest BCUT2D eigenvalue weighted by Crippen LogP contribution is 2.33. The molecule has 0 saturated carbocycles. The largest absolute Gasteiger partial charge is 0.497 e. The third-order valence-corrected chi connectivity index (χ3v) is 4.12. The molecule has 2 aromatic rings. The molecular weight excluding hydrogens is 316 g/mol. The van der Waals surface area contributed by atoms with Crippen LogP contribution in [0.3, 0.4) is 0 Å². The van der Waals surface area contributed by atoms with Gasteiger partial charge in [-0.25, -0.2) is 4.79 Å². The molecule has 0 atom stereocenters. The maximum absolute atomic E-state index is 11.8. The predicted octanol–water partition coefficient (Wildman–Crippen LogP) is 4.31. The Morgan fingerprint density at radius 1 is 1.44 bits per heavy atom. The molecule has 2 aromatic heterocycles. The number of hydrogen-bond acceptors (Lipinski definition) is 3. The van der Waals surface area contributed by atoms with Crippen molar-refractivity contribution in [2.75, 3.05) is 7.11 Å². The minimum atomic E-state index is -0.994. The number of aromatic carboxylic acids is 1. The second kappa shape index (κ2) is 7.83. The van der Waals surface area contributed by atoms with E-state index >= 15 is 0 Å². The molecule has 1 N–H and O–H groups in total. The summed E-state index contributed by atoms with van der Waals surface area (Å²) in [4.78, 5) is 16.2. The zero-order valence-electron chi connectivity index (χ0n) is 15.1. The average Bonchev–Trinajstić information content (AvgIpc) is 2.95. The maximum atomic E-state index is 11.8. The van der Waals surface area contributed by atoms with Crippen LogP contribution in [0.4, 0.5) is 0 Å². The normalized spacial score (nSPS) is 11.6. The Hall–Kier alpha value is -2.82. The standard InChI is InChI=1S/C20H24N2O3/c1-6-16(13(2)3)19-17(14(4)25-5)11-18(20(23)24)22(19)12-15-9-7-8-10-21-15/h6-11,13H,4,12H2,1-3,5H3,(H,23,24)/b16-6-. The van der Waals surface area contributed by atoms with Crippen LogP contribution >= 0.6 is 0 Å². The summed E-state index contributed by atoms with van der Waals surface area (Å²) in [5.74, 6) is -0.337. The van der Waals surface area contributed by atoms with E-state index in [1.807, 2.05) is 31.2 Å². The minimum absolute atomic E-state index is 0.189. The first-order chi connectivity index (χ1) is 11.9. The Morgan fingerprint density at radius 2 is 2.16 bits per heavy atom. The number of carboxylic acids is 1. The lowest BCUT2D eigenvalue weighted by Gasteiger charge is -2.18. The van der Waals surface area contributed by atoms with Crippen LogP contribution in [0.5, 0.6) is 0 Å². The summed E-state index contributed by atoms with van der Waals surface area (Å²) in [7, 11) is 1.54. The van der Waals surface area contributed by atoms with Gasteiger partial charge in [-0.05, 0) is 36.6 Å². The summed E-state index contributed by atoms with van der Waals surface area (Å²) in [5, 5.41) is 9.70. The van der Waals surface area contributed by atoms with Gasteiger partial charge in [-0.1, -0.05) is 32.6 Å². The van der Waals surface area contributed by atoms with E-state index in [9.17, 15) is 9.90 Å². The first-order valence-electron chi connectivity index (χ1n) is 8.17. The summed E-state index contributed by atoms with van der Waals surface area (Å²) in [6, 6.07) is 7.23. The molecule has 0 aliphatic rings. The Balaban J connectivity index is 2.74. The lowest BCUT2D eigenvalue weighted by Crippen LogP contribution is -2.14. The first-order valence-corrected chi connectivity index (χ1v) is 8.17. The third-order valence-electron chi connectivity index (χ3n) is 4.12. The van der Waals surface area contributed by atoms with Gasteiger partial charge in [-0.2, -0.15) is 0 Å². The zero-order chi connectivity index (χ0) is 18.6. The summed E-state index contributed by atoms with van der Waals surface area (Å²) in [5.41, 5.74) is 3.52. The van der Waals surface area contributed by atoms with E-state index in [-0.39, 0.29) is 11.6 Å².